The Morgan fingerprint density at radius 2 is 2.17 bits per heavy atom. The first-order valence-corrected chi connectivity index (χ1v) is 8.63. The first-order valence-electron chi connectivity index (χ1n) is 7.84. The number of nitrogens with zero attached hydrogens (tertiary/aromatic N) is 4. The topological polar surface area (TPSA) is 45.5 Å². The third-order valence-electron chi connectivity index (χ3n) is 4.26. The smallest absolute Gasteiger partial charge is 0.193 e. The Bertz CT molecular complexity index is 677. The van der Waals surface area contributed by atoms with E-state index < -0.39 is 0 Å². The van der Waals surface area contributed by atoms with Gasteiger partial charge in [-0.1, -0.05) is 28.1 Å². The number of nitrogens with one attached hydrogen (secondary N) is 1. The number of rotatable bonds is 3. The van der Waals surface area contributed by atoms with Gasteiger partial charge >= 0.3 is 0 Å². The van der Waals surface area contributed by atoms with E-state index in [9.17, 15) is 0 Å². The quantitative estimate of drug-likeness (QED) is 0.662. The van der Waals surface area contributed by atoms with E-state index in [1.54, 1.807) is 0 Å². The van der Waals surface area contributed by atoms with Crippen LogP contribution in [-0.4, -0.2) is 40.8 Å². The molecular weight excluding hydrogens is 354 g/mol. The molecule has 1 aromatic carbocycles. The second-order valence-electron chi connectivity index (χ2n) is 5.91. The fourth-order valence-corrected chi connectivity index (χ4v) is 3.26. The van der Waals surface area contributed by atoms with Crippen LogP contribution in [0, 0.1) is 0 Å². The van der Waals surface area contributed by atoms with E-state index in [2.05, 4.69) is 66.7 Å². The highest BCUT2D eigenvalue weighted by Crippen LogP contribution is 2.26. The average molecular weight is 376 g/mol. The molecule has 1 fully saturated rings. The van der Waals surface area contributed by atoms with E-state index in [1.165, 1.54) is 11.1 Å². The molecule has 5 nitrogen and oxygen atoms in total. The molecule has 1 unspecified atom stereocenters. The van der Waals surface area contributed by atoms with Crippen molar-refractivity contribution in [2.75, 3.05) is 20.1 Å². The molecule has 2 aromatic rings. The number of aryl methyl sites for hydroxylation is 1. The van der Waals surface area contributed by atoms with Gasteiger partial charge < -0.3 is 10.2 Å². The van der Waals surface area contributed by atoms with Crippen molar-refractivity contribution in [3.63, 3.8) is 0 Å². The number of guanidine groups is 1. The molecule has 0 bridgehead atoms. The monoisotopic (exact) mass is 375 g/mol. The molecule has 1 saturated heterocycles. The third kappa shape index (κ3) is 3.93. The number of hydrogen-bond donors (Lipinski definition) is 1. The van der Waals surface area contributed by atoms with Gasteiger partial charge in [-0.3, -0.25) is 9.67 Å². The van der Waals surface area contributed by atoms with Gasteiger partial charge in [0.25, 0.3) is 0 Å². The molecule has 2 heterocycles. The van der Waals surface area contributed by atoms with Crippen LogP contribution >= 0.6 is 15.9 Å². The molecule has 0 aliphatic carbocycles. The highest BCUT2D eigenvalue weighted by atomic mass is 79.9. The Morgan fingerprint density at radius 1 is 1.39 bits per heavy atom. The van der Waals surface area contributed by atoms with Crippen molar-refractivity contribution in [1.29, 1.82) is 0 Å². The summed E-state index contributed by atoms with van der Waals surface area (Å²) in [6.45, 7) is 2.80. The minimum atomic E-state index is 0.537. The molecule has 1 aliphatic rings. The maximum Gasteiger partial charge on any atom is 0.193 e. The Kier molecular flexibility index (Phi) is 5.00. The molecule has 3 rings (SSSR count). The lowest BCUT2D eigenvalue weighted by molar-refractivity contribution is 0.486. The first kappa shape index (κ1) is 16.1. The van der Waals surface area contributed by atoms with Crippen LogP contribution in [0.5, 0.6) is 0 Å². The van der Waals surface area contributed by atoms with E-state index in [4.69, 9.17) is 0 Å². The van der Waals surface area contributed by atoms with Crippen LogP contribution in [0.3, 0.4) is 0 Å². The molecule has 1 atom stereocenters. The molecule has 1 aliphatic heterocycles. The molecule has 0 spiro atoms. The fraction of sp³-hybridized carbons (Fsp3) is 0.412. The Morgan fingerprint density at radius 3 is 2.83 bits per heavy atom. The molecule has 6 heteroatoms. The molecule has 1 N–H and O–H groups in total. The summed E-state index contributed by atoms with van der Waals surface area (Å²) in [5.41, 5.74) is 2.57. The lowest BCUT2D eigenvalue weighted by Crippen LogP contribution is -2.39. The van der Waals surface area contributed by atoms with Crippen LogP contribution in [0.4, 0.5) is 0 Å². The largest absolute Gasteiger partial charge is 0.352 e. The molecule has 0 radical (unpaired) electrons. The number of benzene rings is 1. The van der Waals surface area contributed by atoms with Gasteiger partial charge in [0.15, 0.2) is 5.96 Å². The summed E-state index contributed by atoms with van der Waals surface area (Å²) < 4.78 is 2.97. The van der Waals surface area contributed by atoms with Gasteiger partial charge in [0, 0.05) is 50.3 Å². The normalized spacial score (nSPS) is 18.5. The zero-order chi connectivity index (χ0) is 16.2. The summed E-state index contributed by atoms with van der Waals surface area (Å²) in [4.78, 5) is 6.77. The zero-order valence-electron chi connectivity index (χ0n) is 13.5. The molecule has 122 valence electrons. The van der Waals surface area contributed by atoms with Gasteiger partial charge in [-0.05, 0) is 29.7 Å². The Balaban J connectivity index is 1.58. The van der Waals surface area contributed by atoms with E-state index in [0.29, 0.717) is 5.92 Å². The van der Waals surface area contributed by atoms with Crippen molar-refractivity contribution >= 4 is 21.9 Å². The summed E-state index contributed by atoms with van der Waals surface area (Å²) in [6.07, 6.45) is 5.24. The maximum absolute atomic E-state index is 4.44. The summed E-state index contributed by atoms with van der Waals surface area (Å²) in [6, 6.07) is 8.36. The van der Waals surface area contributed by atoms with Crippen LogP contribution in [0.1, 0.15) is 23.5 Å². The maximum atomic E-state index is 4.44. The minimum Gasteiger partial charge on any atom is -0.352 e. The number of hydrogen-bond acceptors (Lipinski definition) is 2. The number of halogens is 1. The van der Waals surface area contributed by atoms with Gasteiger partial charge in [0.05, 0.1) is 6.20 Å². The molecular formula is C17H22BrN5. The molecule has 23 heavy (non-hydrogen) atoms. The van der Waals surface area contributed by atoms with E-state index in [-0.39, 0.29) is 0 Å². The van der Waals surface area contributed by atoms with Crippen molar-refractivity contribution in [2.45, 2.75) is 18.9 Å². The van der Waals surface area contributed by atoms with Crippen LogP contribution < -0.4 is 5.32 Å². The molecule has 0 amide bonds. The second kappa shape index (κ2) is 7.17. The average Bonchev–Trinajstić information content (AvgIpc) is 3.19. The predicted octanol–water partition coefficient (Wildman–Crippen LogP) is 2.75. The lowest BCUT2D eigenvalue weighted by atomic mass is 10.0. The molecule has 0 saturated carbocycles. The van der Waals surface area contributed by atoms with Crippen molar-refractivity contribution in [1.82, 2.24) is 20.0 Å². The van der Waals surface area contributed by atoms with E-state index in [0.717, 1.165) is 36.5 Å². The summed E-state index contributed by atoms with van der Waals surface area (Å²) in [7, 11) is 3.82. The second-order valence-corrected chi connectivity index (χ2v) is 6.82. The standard InChI is InChI=1S/C17H22BrN5/c1-19-17(20-9-13-3-5-16(18)6-4-13)23-8-7-14(12-23)15-10-21-22(2)11-15/h3-6,10-11,14H,7-9,12H2,1-2H3,(H,19,20). The van der Waals surface area contributed by atoms with Gasteiger partial charge in [-0.25, -0.2) is 0 Å². The number of aliphatic imine (C=N–C) groups is 1. The first-order chi connectivity index (χ1) is 11.2. The van der Waals surface area contributed by atoms with E-state index >= 15 is 0 Å². The summed E-state index contributed by atoms with van der Waals surface area (Å²) in [5.74, 6) is 1.51. The summed E-state index contributed by atoms with van der Waals surface area (Å²) >= 11 is 3.46. The highest BCUT2D eigenvalue weighted by Gasteiger charge is 2.26. The third-order valence-corrected chi connectivity index (χ3v) is 4.79. The fourth-order valence-electron chi connectivity index (χ4n) is 2.99. The van der Waals surface area contributed by atoms with Crippen LogP contribution in [-0.2, 0) is 13.6 Å². The minimum absolute atomic E-state index is 0.537. The van der Waals surface area contributed by atoms with Crippen LogP contribution in [0.15, 0.2) is 46.1 Å². The Hall–Kier alpha value is -1.82. The van der Waals surface area contributed by atoms with E-state index in [1.807, 2.05) is 25.0 Å². The lowest BCUT2D eigenvalue weighted by Gasteiger charge is -2.21. The van der Waals surface area contributed by atoms with Gasteiger partial charge in [-0.15, -0.1) is 0 Å². The SMILES string of the molecule is CN=C(NCc1ccc(Br)cc1)N1CCC(c2cnn(C)c2)C1. The van der Waals surface area contributed by atoms with Crippen molar-refractivity contribution in [2.24, 2.45) is 12.0 Å². The van der Waals surface area contributed by atoms with Crippen LogP contribution in [0.25, 0.3) is 0 Å². The van der Waals surface area contributed by atoms with Gasteiger partial charge in [0.2, 0.25) is 0 Å². The number of aromatic nitrogens is 2. The summed E-state index contributed by atoms with van der Waals surface area (Å²) in [5, 5.41) is 7.75. The zero-order valence-corrected chi connectivity index (χ0v) is 15.1. The van der Waals surface area contributed by atoms with Gasteiger partial charge in [0.1, 0.15) is 0 Å². The van der Waals surface area contributed by atoms with Gasteiger partial charge in [-0.2, -0.15) is 5.10 Å². The highest BCUT2D eigenvalue weighted by molar-refractivity contribution is 9.10. The number of likely N-dealkylation sites (tertiary alicyclic amines) is 1. The van der Waals surface area contributed by atoms with Crippen molar-refractivity contribution in [3.05, 3.63) is 52.3 Å². The Labute approximate surface area is 145 Å². The molecule has 1 aromatic heterocycles. The van der Waals surface area contributed by atoms with Crippen molar-refractivity contribution in [3.8, 4) is 0 Å². The van der Waals surface area contributed by atoms with Crippen molar-refractivity contribution < 1.29 is 0 Å². The van der Waals surface area contributed by atoms with Crippen LogP contribution in [0.2, 0.25) is 0 Å². The predicted molar refractivity (Wildman–Crippen MR) is 96.5 cm³/mol.